The minimum Gasteiger partial charge on any atom is -0.381 e. The predicted octanol–water partition coefficient (Wildman–Crippen LogP) is 3.62. The van der Waals surface area contributed by atoms with Crippen molar-refractivity contribution in [3.63, 3.8) is 0 Å². The second-order valence-corrected chi connectivity index (χ2v) is 8.81. The maximum Gasteiger partial charge on any atom is 0.453 e. The average molecular weight is 439 g/mol. The van der Waals surface area contributed by atoms with Gasteiger partial charge in [0.05, 0.1) is 0 Å². The van der Waals surface area contributed by atoms with Crippen LogP contribution in [0, 0.1) is 6.92 Å². The summed E-state index contributed by atoms with van der Waals surface area (Å²) in [4.78, 5) is 7.50. The van der Waals surface area contributed by atoms with E-state index in [0.29, 0.717) is 36.2 Å². The van der Waals surface area contributed by atoms with Crippen LogP contribution in [-0.4, -0.2) is 42.3 Å². The smallest absolute Gasteiger partial charge is 0.381 e. The fourth-order valence-corrected chi connectivity index (χ4v) is 4.77. The molecule has 7 nitrogen and oxygen atoms in total. The van der Waals surface area contributed by atoms with Crippen molar-refractivity contribution in [3.8, 4) is 0 Å². The van der Waals surface area contributed by atoms with Crippen molar-refractivity contribution in [2.45, 2.75) is 36.9 Å². The Balaban J connectivity index is 1.57. The fourth-order valence-electron chi connectivity index (χ4n) is 3.30. The monoisotopic (exact) mass is 439 g/mol. The van der Waals surface area contributed by atoms with Crippen LogP contribution in [0.5, 0.6) is 0 Å². The van der Waals surface area contributed by atoms with Crippen molar-refractivity contribution >= 4 is 28.1 Å². The van der Waals surface area contributed by atoms with Crippen LogP contribution in [0.15, 0.2) is 30.3 Å². The molecule has 1 N–H and O–H groups in total. The van der Waals surface area contributed by atoms with E-state index >= 15 is 0 Å². The van der Waals surface area contributed by atoms with Gasteiger partial charge in [0.1, 0.15) is 5.82 Å². The van der Waals surface area contributed by atoms with Gasteiger partial charge < -0.3 is 10.1 Å². The highest BCUT2D eigenvalue weighted by atomic mass is 32.2. The van der Waals surface area contributed by atoms with Crippen LogP contribution in [0.4, 0.5) is 24.7 Å². The van der Waals surface area contributed by atoms with E-state index < -0.39 is 22.8 Å². The third-order valence-corrected chi connectivity index (χ3v) is 6.58. The van der Waals surface area contributed by atoms with Crippen molar-refractivity contribution in [1.29, 1.82) is 0 Å². The lowest BCUT2D eigenvalue weighted by Gasteiger charge is -2.21. The molecule has 1 aromatic carbocycles. The molecule has 0 saturated carbocycles. The number of benzene rings is 1. The highest BCUT2D eigenvalue weighted by Crippen LogP contribution is 2.28. The van der Waals surface area contributed by atoms with E-state index in [0.717, 1.165) is 22.9 Å². The number of aryl methyl sites for hydroxylation is 1. The fraction of sp³-hybridized carbons (Fsp3) is 0.421. The molecule has 0 bridgehead atoms. The van der Waals surface area contributed by atoms with Crippen LogP contribution in [0.25, 0.3) is 5.78 Å². The van der Waals surface area contributed by atoms with E-state index in [1.807, 2.05) is 18.2 Å². The number of nitrogens with zero attached hydrogens (tertiary/aromatic N) is 4. The highest BCUT2D eigenvalue weighted by Gasteiger charge is 2.36. The van der Waals surface area contributed by atoms with Crippen molar-refractivity contribution in [1.82, 2.24) is 19.6 Å². The van der Waals surface area contributed by atoms with Gasteiger partial charge in [0.15, 0.2) is 0 Å². The first kappa shape index (κ1) is 20.7. The van der Waals surface area contributed by atoms with Gasteiger partial charge in [0, 0.05) is 52.5 Å². The molecule has 160 valence electrons. The molecule has 1 aliphatic rings. The van der Waals surface area contributed by atoms with Crippen molar-refractivity contribution in [3.05, 3.63) is 47.4 Å². The van der Waals surface area contributed by atoms with Gasteiger partial charge in [-0.2, -0.15) is 22.7 Å². The SMILES string of the molecule is Cc1cc(Nc2cccc(CS(=O)C3CCOCC3)c2)n2nc(C(F)(F)F)nc2n1. The van der Waals surface area contributed by atoms with Crippen LogP contribution >= 0.6 is 0 Å². The molecule has 0 aliphatic carbocycles. The summed E-state index contributed by atoms with van der Waals surface area (Å²) in [7, 11) is -1.02. The number of rotatable bonds is 5. The molecule has 3 aromatic rings. The lowest BCUT2D eigenvalue weighted by Crippen LogP contribution is -2.25. The number of anilines is 2. The molecular weight excluding hydrogens is 419 g/mol. The Morgan fingerprint density at radius 1 is 1.23 bits per heavy atom. The molecule has 1 fully saturated rings. The Morgan fingerprint density at radius 3 is 2.73 bits per heavy atom. The van der Waals surface area contributed by atoms with Crippen LogP contribution in [0.2, 0.25) is 0 Å². The van der Waals surface area contributed by atoms with Crippen LogP contribution in [0.1, 0.15) is 29.9 Å². The van der Waals surface area contributed by atoms with Crippen molar-refractivity contribution in [2.24, 2.45) is 0 Å². The second kappa shape index (κ2) is 8.31. The molecular formula is C19H20F3N5O2S. The van der Waals surface area contributed by atoms with Crippen LogP contribution < -0.4 is 5.32 Å². The molecule has 1 aliphatic heterocycles. The Labute approximate surface area is 173 Å². The minimum atomic E-state index is -4.66. The maximum absolute atomic E-state index is 13.0. The third kappa shape index (κ3) is 4.62. The zero-order valence-electron chi connectivity index (χ0n) is 16.1. The molecule has 3 heterocycles. The Kier molecular flexibility index (Phi) is 5.74. The van der Waals surface area contributed by atoms with Gasteiger partial charge in [-0.05, 0) is 37.5 Å². The van der Waals surface area contributed by atoms with Gasteiger partial charge in [-0.25, -0.2) is 4.98 Å². The normalized spacial score (nSPS) is 16.7. The summed E-state index contributed by atoms with van der Waals surface area (Å²) in [5, 5.41) is 6.75. The van der Waals surface area contributed by atoms with Gasteiger partial charge in [-0.3, -0.25) is 4.21 Å². The number of halogens is 3. The second-order valence-electron chi connectivity index (χ2n) is 7.09. The summed E-state index contributed by atoms with van der Waals surface area (Å²) in [5.41, 5.74) is 2.02. The molecule has 11 heteroatoms. The summed E-state index contributed by atoms with van der Waals surface area (Å²) in [6.45, 7) is 2.93. The number of nitrogens with one attached hydrogen (secondary N) is 1. The Morgan fingerprint density at radius 2 is 2.00 bits per heavy atom. The first-order valence-electron chi connectivity index (χ1n) is 9.42. The molecule has 4 rings (SSSR count). The number of aromatic nitrogens is 4. The van der Waals surface area contributed by atoms with E-state index in [1.54, 1.807) is 19.1 Å². The summed E-state index contributed by atoms with van der Waals surface area (Å²) < 4.78 is 58.0. The van der Waals surface area contributed by atoms with Crippen molar-refractivity contribution in [2.75, 3.05) is 18.5 Å². The number of hydrogen-bond donors (Lipinski definition) is 1. The Bertz CT molecular complexity index is 1080. The third-order valence-electron chi connectivity index (χ3n) is 4.74. The maximum atomic E-state index is 13.0. The number of ether oxygens (including phenoxy) is 1. The number of hydrogen-bond acceptors (Lipinski definition) is 6. The highest BCUT2D eigenvalue weighted by molar-refractivity contribution is 7.84. The number of fused-ring (bicyclic) bond motifs is 1. The van der Waals surface area contributed by atoms with E-state index in [-0.39, 0.29) is 11.0 Å². The minimum absolute atomic E-state index is 0.119. The van der Waals surface area contributed by atoms with Gasteiger partial charge in [0.2, 0.25) is 0 Å². The molecule has 0 radical (unpaired) electrons. The van der Waals surface area contributed by atoms with Gasteiger partial charge in [0.25, 0.3) is 11.6 Å². The summed E-state index contributed by atoms with van der Waals surface area (Å²) >= 11 is 0. The zero-order chi connectivity index (χ0) is 21.3. The first-order valence-corrected chi connectivity index (χ1v) is 10.8. The van der Waals surface area contributed by atoms with Crippen LogP contribution in [0.3, 0.4) is 0 Å². The van der Waals surface area contributed by atoms with Crippen LogP contribution in [-0.2, 0) is 27.5 Å². The molecule has 30 heavy (non-hydrogen) atoms. The van der Waals surface area contributed by atoms with Gasteiger partial charge in [-0.1, -0.05) is 12.1 Å². The van der Waals surface area contributed by atoms with E-state index in [9.17, 15) is 17.4 Å². The molecule has 1 saturated heterocycles. The first-order chi connectivity index (χ1) is 14.3. The zero-order valence-corrected chi connectivity index (χ0v) is 17.0. The molecule has 0 spiro atoms. The molecule has 1 atom stereocenters. The van der Waals surface area contributed by atoms with Crippen molar-refractivity contribution < 1.29 is 22.1 Å². The largest absolute Gasteiger partial charge is 0.453 e. The summed E-state index contributed by atoms with van der Waals surface area (Å²) in [6.07, 6.45) is -3.09. The lowest BCUT2D eigenvalue weighted by atomic mass is 10.2. The Hall–Kier alpha value is -2.53. The summed E-state index contributed by atoms with van der Waals surface area (Å²) in [6, 6.07) is 8.90. The van der Waals surface area contributed by atoms with E-state index in [1.165, 1.54) is 0 Å². The molecule has 1 unspecified atom stereocenters. The predicted molar refractivity (Wildman–Crippen MR) is 106 cm³/mol. The van der Waals surface area contributed by atoms with E-state index in [4.69, 9.17) is 4.74 Å². The summed E-state index contributed by atoms with van der Waals surface area (Å²) in [5.74, 6) is -0.666. The van der Waals surface area contributed by atoms with E-state index in [2.05, 4.69) is 20.4 Å². The lowest BCUT2D eigenvalue weighted by molar-refractivity contribution is -0.144. The quantitative estimate of drug-likeness (QED) is 0.654. The topological polar surface area (TPSA) is 81.4 Å². The molecule has 0 amide bonds. The van der Waals surface area contributed by atoms with Gasteiger partial charge >= 0.3 is 6.18 Å². The van der Waals surface area contributed by atoms with Gasteiger partial charge in [-0.15, -0.1) is 5.10 Å². The number of alkyl halides is 3. The average Bonchev–Trinajstić information content (AvgIpc) is 3.14. The molecule has 2 aromatic heterocycles. The standard InChI is InChI=1S/C19H20F3N5O2S/c1-12-9-16(27-18(23-12)25-17(26-27)19(20,21)22)24-14-4-2-3-13(10-14)11-30(28)15-5-7-29-8-6-15/h2-4,9-10,15,24H,5-8,11H2,1H3.